The Morgan fingerprint density at radius 2 is 2.39 bits per heavy atom. The fourth-order valence-corrected chi connectivity index (χ4v) is 3.03. The molecule has 1 aromatic rings. The summed E-state index contributed by atoms with van der Waals surface area (Å²) in [6.07, 6.45) is 5.38. The number of aromatic nitrogens is 1. The van der Waals surface area contributed by atoms with Gasteiger partial charge in [0, 0.05) is 25.3 Å². The molecular formula is C12H16N4O2. The van der Waals surface area contributed by atoms with Crippen LogP contribution in [0.1, 0.15) is 12.8 Å². The average Bonchev–Trinajstić information content (AvgIpc) is 2.82. The zero-order valence-corrected chi connectivity index (χ0v) is 10.1. The van der Waals surface area contributed by atoms with Gasteiger partial charge in [-0.25, -0.2) is 0 Å². The summed E-state index contributed by atoms with van der Waals surface area (Å²) in [5.74, 6) is 0.617. The minimum Gasteiger partial charge on any atom is -0.364 e. The number of pyridine rings is 1. The van der Waals surface area contributed by atoms with E-state index in [0.717, 1.165) is 19.6 Å². The van der Waals surface area contributed by atoms with Crippen molar-refractivity contribution in [1.29, 1.82) is 0 Å². The summed E-state index contributed by atoms with van der Waals surface area (Å²) in [4.78, 5) is 16.6. The van der Waals surface area contributed by atoms with E-state index < -0.39 is 0 Å². The van der Waals surface area contributed by atoms with Crippen molar-refractivity contribution in [3.8, 4) is 0 Å². The van der Waals surface area contributed by atoms with Crippen LogP contribution in [0.3, 0.4) is 0 Å². The summed E-state index contributed by atoms with van der Waals surface area (Å²) in [7, 11) is 0. The predicted molar refractivity (Wildman–Crippen MR) is 67.6 cm³/mol. The van der Waals surface area contributed by atoms with Crippen LogP contribution in [-0.4, -0.2) is 35.6 Å². The van der Waals surface area contributed by atoms with Gasteiger partial charge in [-0.2, -0.15) is 0 Å². The molecule has 2 aliphatic rings. The molecule has 96 valence electrons. The first-order valence-electron chi connectivity index (χ1n) is 6.32. The minimum atomic E-state index is -0.349. The first kappa shape index (κ1) is 11.4. The number of hydrogen-bond donors (Lipinski definition) is 1. The molecule has 0 aliphatic carbocycles. The monoisotopic (exact) mass is 248 g/mol. The summed E-state index contributed by atoms with van der Waals surface area (Å²) in [6.45, 7) is 2.82. The number of nitrogens with zero attached hydrogens (tertiary/aromatic N) is 3. The van der Waals surface area contributed by atoms with Crippen LogP contribution in [0.15, 0.2) is 18.5 Å². The smallest absolute Gasteiger partial charge is 0.310 e. The molecule has 2 fully saturated rings. The van der Waals surface area contributed by atoms with E-state index in [-0.39, 0.29) is 10.6 Å². The summed E-state index contributed by atoms with van der Waals surface area (Å²) >= 11 is 0. The predicted octanol–water partition coefficient (Wildman–Crippen LogP) is 1.18. The number of nitro groups is 1. The van der Waals surface area contributed by atoms with Crippen molar-refractivity contribution >= 4 is 11.4 Å². The van der Waals surface area contributed by atoms with E-state index in [1.54, 1.807) is 12.3 Å². The lowest BCUT2D eigenvalue weighted by Crippen LogP contribution is -2.40. The van der Waals surface area contributed by atoms with Crippen molar-refractivity contribution < 1.29 is 4.92 Å². The van der Waals surface area contributed by atoms with Crippen molar-refractivity contribution in [2.75, 3.05) is 24.5 Å². The number of rotatable bonds is 2. The van der Waals surface area contributed by atoms with Gasteiger partial charge in [0.1, 0.15) is 11.9 Å². The van der Waals surface area contributed by atoms with Gasteiger partial charge in [0.2, 0.25) is 0 Å². The van der Waals surface area contributed by atoms with Crippen molar-refractivity contribution in [2.24, 2.45) is 5.92 Å². The molecule has 1 N–H and O–H groups in total. The Kier molecular flexibility index (Phi) is 2.87. The quantitative estimate of drug-likeness (QED) is 0.628. The Hall–Kier alpha value is -1.69. The van der Waals surface area contributed by atoms with E-state index in [4.69, 9.17) is 0 Å². The van der Waals surface area contributed by atoms with Gasteiger partial charge in [-0.1, -0.05) is 0 Å². The standard InChI is InChI=1S/C12H16N4O2/c17-16(18)12-6-13-5-3-11(12)15-7-9-2-1-4-14-10(9)8-15/h3,5-6,9-10,14H,1-2,4,7-8H2. The third kappa shape index (κ3) is 1.92. The van der Waals surface area contributed by atoms with Crippen LogP contribution < -0.4 is 10.2 Å². The molecule has 3 heterocycles. The Morgan fingerprint density at radius 1 is 1.50 bits per heavy atom. The molecule has 0 radical (unpaired) electrons. The average molecular weight is 248 g/mol. The number of fused-ring (bicyclic) bond motifs is 1. The third-order valence-corrected chi connectivity index (χ3v) is 3.91. The van der Waals surface area contributed by atoms with E-state index in [2.05, 4.69) is 15.2 Å². The number of hydrogen-bond acceptors (Lipinski definition) is 5. The lowest BCUT2D eigenvalue weighted by atomic mass is 9.94. The maximum atomic E-state index is 11.0. The Bertz CT molecular complexity index is 451. The molecule has 1 aromatic heterocycles. The molecule has 0 saturated carbocycles. The van der Waals surface area contributed by atoms with E-state index in [1.807, 2.05) is 0 Å². The molecule has 18 heavy (non-hydrogen) atoms. The summed E-state index contributed by atoms with van der Waals surface area (Å²) in [5, 5.41) is 14.5. The van der Waals surface area contributed by atoms with Gasteiger partial charge in [0.15, 0.2) is 0 Å². The molecular weight excluding hydrogens is 232 g/mol. The highest BCUT2D eigenvalue weighted by molar-refractivity contribution is 5.62. The summed E-state index contributed by atoms with van der Waals surface area (Å²) < 4.78 is 0. The second-order valence-electron chi connectivity index (χ2n) is 4.99. The second kappa shape index (κ2) is 4.53. The highest BCUT2D eigenvalue weighted by Gasteiger charge is 2.36. The second-order valence-corrected chi connectivity index (χ2v) is 4.99. The normalized spacial score (nSPS) is 27.0. The molecule has 0 amide bonds. The van der Waals surface area contributed by atoms with E-state index >= 15 is 0 Å². The SMILES string of the molecule is O=[N+]([O-])c1cnccc1N1CC2CCCNC2C1. The zero-order valence-electron chi connectivity index (χ0n) is 10.1. The highest BCUT2D eigenvalue weighted by atomic mass is 16.6. The van der Waals surface area contributed by atoms with Crippen molar-refractivity contribution in [2.45, 2.75) is 18.9 Å². The van der Waals surface area contributed by atoms with Crippen LogP contribution in [0.5, 0.6) is 0 Å². The van der Waals surface area contributed by atoms with Crippen LogP contribution in [0.2, 0.25) is 0 Å². The molecule has 2 saturated heterocycles. The maximum absolute atomic E-state index is 11.0. The van der Waals surface area contributed by atoms with Gasteiger partial charge in [-0.05, 0) is 31.4 Å². The fraction of sp³-hybridized carbons (Fsp3) is 0.583. The van der Waals surface area contributed by atoms with Crippen LogP contribution in [-0.2, 0) is 0 Å². The van der Waals surface area contributed by atoms with Gasteiger partial charge in [0.05, 0.1) is 4.92 Å². The van der Waals surface area contributed by atoms with E-state index in [0.29, 0.717) is 17.6 Å². The molecule has 6 nitrogen and oxygen atoms in total. The Balaban J connectivity index is 1.85. The number of piperidine rings is 1. The topological polar surface area (TPSA) is 71.3 Å². The summed E-state index contributed by atoms with van der Waals surface area (Å²) in [5.41, 5.74) is 0.808. The molecule has 0 aromatic carbocycles. The first-order chi connectivity index (χ1) is 8.75. The van der Waals surface area contributed by atoms with Crippen LogP contribution in [0, 0.1) is 16.0 Å². The van der Waals surface area contributed by atoms with Crippen LogP contribution in [0.4, 0.5) is 11.4 Å². The molecule has 0 spiro atoms. The Labute approximate surface area is 105 Å². The van der Waals surface area contributed by atoms with Gasteiger partial charge in [-0.15, -0.1) is 0 Å². The van der Waals surface area contributed by atoms with Gasteiger partial charge in [-0.3, -0.25) is 15.1 Å². The molecule has 2 atom stereocenters. The lowest BCUT2D eigenvalue weighted by Gasteiger charge is -2.24. The van der Waals surface area contributed by atoms with Gasteiger partial charge < -0.3 is 10.2 Å². The number of anilines is 1. The molecule has 2 aliphatic heterocycles. The van der Waals surface area contributed by atoms with Crippen molar-refractivity contribution in [1.82, 2.24) is 10.3 Å². The molecule has 6 heteroatoms. The zero-order chi connectivity index (χ0) is 12.5. The maximum Gasteiger partial charge on any atom is 0.310 e. The van der Waals surface area contributed by atoms with Crippen molar-refractivity contribution in [3.05, 3.63) is 28.6 Å². The number of nitrogens with one attached hydrogen (secondary N) is 1. The largest absolute Gasteiger partial charge is 0.364 e. The van der Waals surface area contributed by atoms with Gasteiger partial charge >= 0.3 is 5.69 Å². The van der Waals surface area contributed by atoms with E-state index in [9.17, 15) is 10.1 Å². The Morgan fingerprint density at radius 3 is 3.17 bits per heavy atom. The van der Waals surface area contributed by atoms with E-state index in [1.165, 1.54) is 19.0 Å². The highest BCUT2D eigenvalue weighted by Crippen LogP contribution is 2.33. The van der Waals surface area contributed by atoms with Crippen molar-refractivity contribution in [3.63, 3.8) is 0 Å². The molecule has 3 rings (SSSR count). The molecule has 0 bridgehead atoms. The van der Waals surface area contributed by atoms with Crippen LogP contribution >= 0.6 is 0 Å². The van der Waals surface area contributed by atoms with Gasteiger partial charge in [0.25, 0.3) is 0 Å². The first-order valence-corrected chi connectivity index (χ1v) is 6.32. The summed E-state index contributed by atoms with van der Waals surface area (Å²) in [6, 6.07) is 2.22. The lowest BCUT2D eigenvalue weighted by molar-refractivity contribution is -0.384. The molecule has 2 unspecified atom stereocenters. The van der Waals surface area contributed by atoms with Crippen LogP contribution in [0.25, 0.3) is 0 Å². The minimum absolute atomic E-state index is 0.108. The fourth-order valence-electron chi connectivity index (χ4n) is 3.03. The third-order valence-electron chi connectivity index (χ3n) is 3.91.